The molecule has 0 saturated heterocycles. The minimum atomic E-state index is -0.850. The summed E-state index contributed by atoms with van der Waals surface area (Å²) in [6, 6.07) is 10.6. The predicted octanol–water partition coefficient (Wildman–Crippen LogP) is 3.33. The van der Waals surface area contributed by atoms with Crippen molar-refractivity contribution in [1.29, 1.82) is 0 Å². The summed E-state index contributed by atoms with van der Waals surface area (Å²) in [6.07, 6.45) is 2.35. The highest BCUT2D eigenvalue weighted by Crippen LogP contribution is 2.32. The summed E-state index contributed by atoms with van der Waals surface area (Å²) in [6.45, 7) is 1.74. The van der Waals surface area contributed by atoms with Crippen molar-refractivity contribution >= 4 is 11.8 Å². The van der Waals surface area contributed by atoms with Gasteiger partial charge in [0, 0.05) is 5.56 Å². The Morgan fingerprint density at radius 1 is 0.960 bits per heavy atom. The standard InChI is InChI=1S/C20H18O5/c1-12(19(21)15-6-5-13-3-2-4-14(13)9-15)25-20(22)16-7-8-17-18(10-16)24-11-23-17/h5-10,12H,2-4,11H2,1H3/t12-/m0/s1. The SMILES string of the molecule is C[C@H](OC(=O)c1ccc2c(c1)OCO2)C(=O)c1ccc2c(c1)CCC2. The topological polar surface area (TPSA) is 61.8 Å². The second-order valence-corrected chi connectivity index (χ2v) is 6.32. The second-order valence-electron chi connectivity index (χ2n) is 6.32. The summed E-state index contributed by atoms with van der Waals surface area (Å²) in [5.41, 5.74) is 3.45. The molecule has 1 heterocycles. The van der Waals surface area contributed by atoms with Gasteiger partial charge in [0.1, 0.15) is 0 Å². The van der Waals surface area contributed by atoms with Crippen LogP contribution in [0.1, 0.15) is 45.2 Å². The van der Waals surface area contributed by atoms with Crippen LogP contribution in [-0.4, -0.2) is 24.6 Å². The van der Waals surface area contributed by atoms with Crippen molar-refractivity contribution in [3.63, 3.8) is 0 Å². The molecule has 1 aliphatic carbocycles. The highest BCUT2D eigenvalue weighted by atomic mass is 16.7. The molecule has 0 fully saturated rings. The third-order valence-corrected chi connectivity index (χ3v) is 4.64. The van der Waals surface area contributed by atoms with Gasteiger partial charge in [0.2, 0.25) is 12.6 Å². The maximum Gasteiger partial charge on any atom is 0.338 e. The molecule has 5 nitrogen and oxygen atoms in total. The molecule has 0 unspecified atom stereocenters. The van der Waals surface area contributed by atoms with Crippen LogP contribution in [0.5, 0.6) is 11.5 Å². The number of aryl methyl sites for hydroxylation is 2. The van der Waals surface area contributed by atoms with Crippen molar-refractivity contribution in [1.82, 2.24) is 0 Å². The number of carbonyl (C=O) groups is 2. The second kappa shape index (κ2) is 6.24. The van der Waals surface area contributed by atoms with Crippen LogP contribution in [0.25, 0.3) is 0 Å². The molecule has 2 aliphatic rings. The fourth-order valence-electron chi connectivity index (χ4n) is 3.27. The maximum atomic E-state index is 12.6. The predicted molar refractivity (Wildman–Crippen MR) is 90.2 cm³/mol. The fourth-order valence-corrected chi connectivity index (χ4v) is 3.27. The van der Waals surface area contributed by atoms with Gasteiger partial charge in [-0.25, -0.2) is 4.79 Å². The van der Waals surface area contributed by atoms with Crippen LogP contribution >= 0.6 is 0 Å². The van der Waals surface area contributed by atoms with E-state index in [1.54, 1.807) is 25.1 Å². The molecule has 0 bridgehead atoms. The summed E-state index contributed by atoms with van der Waals surface area (Å²) in [5, 5.41) is 0. The lowest BCUT2D eigenvalue weighted by Gasteiger charge is -2.13. The average Bonchev–Trinajstić information content (AvgIpc) is 3.28. The van der Waals surface area contributed by atoms with E-state index in [0.717, 1.165) is 19.3 Å². The average molecular weight is 338 g/mol. The lowest BCUT2D eigenvalue weighted by atomic mass is 10.0. The number of Topliss-reactive ketones (excluding diaryl/α,β-unsaturated/α-hetero) is 1. The lowest BCUT2D eigenvalue weighted by molar-refractivity contribution is 0.0318. The Balaban J connectivity index is 1.46. The molecule has 0 N–H and O–H groups in total. The minimum absolute atomic E-state index is 0.140. The first-order valence-electron chi connectivity index (χ1n) is 8.38. The van der Waals surface area contributed by atoms with Gasteiger partial charge in [-0.2, -0.15) is 0 Å². The Labute approximate surface area is 145 Å². The summed E-state index contributed by atoms with van der Waals surface area (Å²) < 4.78 is 15.8. The van der Waals surface area contributed by atoms with Crippen molar-refractivity contribution in [2.45, 2.75) is 32.3 Å². The van der Waals surface area contributed by atoms with Gasteiger partial charge in [-0.3, -0.25) is 4.79 Å². The molecule has 0 spiro atoms. The summed E-state index contributed by atoms with van der Waals surface area (Å²) >= 11 is 0. The van der Waals surface area contributed by atoms with E-state index in [-0.39, 0.29) is 12.6 Å². The van der Waals surface area contributed by atoms with Crippen molar-refractivity contribution in [2.24, 2.45) is 0 Å². The van der Waals surface area contributed by atoms with Gasteiger partial charge in [-0.15, -0.1) is 0 Å². The molecule has 0 saturated carbocycles. The Kier molecular flexibility index (Phi) is 3.92. The van der Waals surface area contributed by atoms with Gasteiger partial charge >= 0.3 is 5.97 Å². The molecular formula is C20H18O5. The van der Waals surface area contributed by atoms with Crippen molar-refractivity contribution in [3.8, 4) is 11.5 Å². The smallest absolute Gasteiger partial charge is 0.338 e. The highest BCUT2D eigenvalue weighted by Gasteiger charge is 2.23. The molecule has 1 atom stereocenters. The van der Waals surface area contributed by atoms with Crippen molar-refractivity contribution < 1.29 is 23.8 Å². The van der Waals surface area contributed by atoms with Gasteiger partial charge in [0.25, 0.3) is 0 Å². The molecule has 0 radical (unpaired) electrons. The lowest BCUT2D eigenvalue weighted by Crippen LogP contribution is -2.24. The van der Waals surface area contributed by atoms with E-state index in [1.807, 2.05) is 18.2 Å². The molecule has 2 aromatic carbocycles. The number of carbonyl (C=O) groups excluding carboxylic acids is 2. The summed E-state index contributed by atoms with van der Waals surface area (Å²) in [5.74, 6) is 0.356. The fraction of sp³-hybridized carbons (Fsp3) is 0.300. The molecule has 25 heavy (non-hydrogen) atoms. The molecule has 0 amide bonds. The van der Waals surface area contributed by atoms with E-state index in [1.165, 1.54) is 11.1 Å². The van der Waals surface area contributed by atoms with Crippen LogP contribution in [0, 0.1) is 0 Å². The Morgan fingerprint density at radius 2 is 1.72 bits per heavy atom. The number of hydrogen-bond acceptors (Lipinski definition) is 5. The van der Waals surface area contributed by atoms with Crippen LogP contribution < -0.4 is 9.47 Å². The van der Waals surface area contributed by atoms with E-state index >= 15 is 0 Å². The van der Waals surface area contributed by atoms with E-state index in [0.29, 0.717) is 22.6 Å². The zero-order chi connectivity index (χ0) is 17.4. The third kappa shape index (κ3) is 2.97. The van der Waals surface area contributed by atoms with Crippen LogP contribution in [0.3, 0.4) is 0 Å². The van der Waals surface area contributed by atoms with Gasteiger partial charge in [-0.1, -0.05) is 12.1 Å². The summed E-state index contributed by atoms with van der Waals surface area (Å²) in [4.78, 5) is 24.9. The number of fused-ring (bicyclic) bond motifs is 2. The summed E-state index contributed by atoms with van der Waals surface area (Å²) in [7, 11) is 0. The Morgan fingerprint density at radius 3 is 2.60 bits per heavy atom. The zero-order valence-electron chi connectivity index (χ0n) is 13.9. The van der Waals surface area contributed by atoms with Gasteiger partial charge in [0.05, 0.1) is 5.56 Å². The van der Waals surface area contributed by atoms with Crippen LogP contribution in [0.4, 0.5) is 0 Å². The number of ketones is 1. The van der Waals surface area contributed by atoms with E-state index in [9.17, 15) is 9.59 Å². The van der Waals surface area contributed by atoms with Crippen molar-refractivity contribution in [2.75, 3.05) is 6.79 Å². The first-order chi connectivity index (χ1) is 12.1. The van der Waals surface area contributed by atoms with Gasteiger partial charge in [-0.05, 0) is 61.6 Å². The van der Waals surface area contributed by atoms with Crippen LogP contribution in [-0.2, 0) is 17.6 Å². The van der Waals surface area contributed by atoms with E-state index < -0.39 is 12.1 Å². The number of esters is 1. The molecule has 2 aromatic rings. The normalized spacial score (nSPS) is 15.6. The quantitative estimate of drug-likeness (QED) is 0.632. The van der Waals surface area contributed by atoms with Gasteiger partial charge < -0.3 is 14.2 Å². The molecule has 128 valence electrons. The maximum absolute atomic E-state index is 12.6. The monoisotopic (exact) mass is 338 g/mol. The first-order valence-corrected chi connectivity index (χ1v) is 8.38. The largest absolute Gasteiger partial charge is 0.454 e. The van der Waals surface area contributed by atoms with Crippen LogP contribution in [0.2, 0.25) is 0 Å². The number of ether oxygens (including phenoxy) is 3. The van der Waals surface area contributed by atoms with E-state index in [4.69, 9.17) is 14.2 Å². The molecular weight excluding hydrogens is 320 g/mol. The molecule has 0 aromatic heterocycles. The van der Waals surface area contributed by atoms with E-state index in [2.05, 4.69) is 0 Å². The Bertz CT molecular complexity index is 855. The highest BCUT2D eigenvalue weighted by molar-refractivity contribution is 6.01. The first kappa shape index (κ1) is 15.7. The van der Waals surface area contributed by atoms with Crippen molar-refractivity contribution in [3.05, 3.63) is 58.7 Å². The molecule has 5 heteroatoms. The molecule has 4 rings (SSSR count). The molecule has 1 aliphatic heterocycles. The number of hydrogen-bond donors (Lipinski definition) is 0. The van der Waals surface area contributed by atoms with Gasteiger partial charge in [0.15, 0.2) is 17.6 Å². The van der Waals surface area contributed by atoms with Crippen LogP contribution in [0.15, 0.2) is 36.4 Å². The third-order valence-electron chi connectivity index (χ3n) is 4.64. The minimum Gasteiger partial charge on any atom is -0.454 e. The Hall–Kier alpha value is -2.82. The number of rotatable bonds is 4. The zero-order valence-corrected chi connectivity index (χ0v) is 13.9. The number of benzene rings is 2.